The van der Waals surface area contributed by atoms with E-state index in [0.29, 0.717) is 12.1 Å². The smallest absolute Gasteiger partial charge is 0.246 e. The number of benzene rings is 2. The first-order valence-electron chi connectivity index (χ1n) is 10.9. The lowest BCUT2D eigenvalue weighted by molar-refractivity contribution is -0.136. The van der Waals surface area contributed by atoms with E-state index in [-0.39, 0.29) is 12.3 Å². The summed E-state index contributed by atoms with van der Waals surface area (Å²) >= 11 is 0. The number of amides is 4. The molecule has 1 unspecified atom stereocenters. The van der Waals surface area contributed by atoms with E-state index in [2.05, 4.69) is 16.0 Å². The van der Waals surface area contributed by atoms with E-state index in [4.69, 9.17) is 5.21 Å². The summed E-state index contributed by atoms with van der Waals surface area (Å²) in [4.78, 5) is 49.3. The first kappa shape index (κ1) is 25.8. The predicted molar refractivity (Wildman–Crippen MR) is 125 cm³/mol. The van der Waals surface area contributed by atoms with Gasteiger partial charge in [0.1, 0.15) is 12.1 Å². The zero-order valence-corrected chi connectivity index (χ0v) is 19.3. The van der Waals surface area contributed by atoms with Crippen molar-refractivity contribution in [3.05, 3.63) is 42.5 Å². The van der Waals surface area contributed by atoms with E-state index in [9.17, 15) is 19.2 Å². The van der Waals surface area contributed by atoms with Crippen LogP contribution >= 0.6 is 0 Å². The minimum Gasteiger partial charge on any atom is -0.344 e. The number of nitrogens with one attached hydrogen (secondary N) is 4. The summed E-state index contributed by atoms with van der Waals surface area (Å²) in [5.74, 6) is -2.63. The van der Waals surface area contributed by atoms with Gasteiger partial charge in [-0.15, -0.1) is 0 Å². The molecule has 0 bridgehead atoms. The van der Waals surface area contributed by atoms with Gasteiger partial charge in [0.15, 0.2) is 0 Å². The molecule has 0 radical (unpaired) electrons. The van der Waals surface area contributed by atoms with Crippen molar-refractivity contribution in [2.24, 2.45) is 11.8 Å². The molecule has 0 saturated carbocycles. The molecule has 2 rings (SSSR count). The third-order valence-electron chi connectivity index (χ3n) is 5.23. The number of carbonyl (C=O) groups is 4. The average Bonchev–Trinajstić information content (AvgIpc) is 2.78. The van der Waals surface area contributed by atoms with Crippen molar-refractivity contribution in [3.8, 4) is 0 Å². The monoisotopic (exact) mass is 456 g/mol. The van der Waals surface area contributed by atoms with Crippen LogP contribution in [0.1, 0.15) is 40.5 Å². The van der Waals surface area contributed by atoms with Crippen LogP contribution in [-0.4, -0.2) is 40.9 Å². The predicted octanol–water partition coefficient (Wildman–Crippen LogP) is 2.35. The van der Waals surface area contributed by atoms with E-state index in [1.54, 1.807) is 13.0 Å². The second-order valence-corrected chi connectivity index (χ2v) is 8.54. The molecule has 5 N–H and O–H groups in total. The van der Waals surface area contributed by atoms with E-state index in [1.165, 1.54) is 12.4 Å². The van der Waals surface area contributed by atoms with Crippen LogP contribution in [0.15, 0.2) is 42.5 Å². The van der Waals surface area contributed by atoms with Crippen LogP contribution in [-0.2, 0) is 19.2 Å². The highest BCUT2D eigenvalue weighted by Gasteiger charge is 2.27. The Morgan fingerprint density at radius 1 is 0.818 bits per heavy atom. The molecule has 9 nitrogen and oxygen atoms in total. The number of hydroxylamine groups is 1. The van der Waals surface area contributed by atoms with Crippen molar-refractivity contribution < 1.29 is 24.4 Å². The third-order valence-corrected chi connectivity index (χ3v) is 5.23. The van der Waals surface area contributed by atoms with Crippen LogP contribution in [0.2, 0.25) is 0 Å². The van der Waals surface area contributed by atoms with Crippen molar-refractivity contribution in [2.75, 3.05) is 5.32 Å². The number of hydrogen-bond acceptors (Lipinski definition) is 5. The molecule has 0 saturated heterocycles. The van der Waals surface area contributed by atoms with E-state index in [1.807, 2.05) is 50.2 Å². The number of carbonyl (C=O) groups excluding carboxylic acids is 4. The van der Waals surface area contributed by atoms with E-state index in [0.717, 1.165) is 10.8 Å². The molecule has 2 aromatic rings. The van der Waals surface area contributed by atoms with E-state index < -0.39 is 41.6 Å². The van der Waals surface area contributed by atoms with Gasteiger partial charge >= 0.3 is 0 Å². The van der Waals surface area contributed by atoms with Crippen molar-refractivity contribution in [1.29, 1.82) is 0 Å². The molecule has 0 aliphatic carbocycles. The third kappa shape index (κ3) is 7.57. The molecule has 3 atom stereocenters. The number of hydrogen-bond donors (Lipinski definition) is 5. The Hall–Kier alpha value is -3.46. The molecule has 0 aromatic heterocycles. The van der Waals surface area contributed by atoms with Crippen LogP contribution < -0.4 is 21.4 Å². The minimum atomic E-state index is -0.919. The topological polar surface area (TPSA) is 137 Å². The maximum absolute atomic E-state index is 12.6. The summed E-state index contributed by atoms with van der Waals surface area (Å²) in [5, 5.41) is 18.6. The fraction of sp³-hybridized carbons (Fsp3) is 0.417. The van der Waals surface area contributed by atoms with Crippen molar-refractivity contribution in [2.45, 2.75) is 52.6 Å². The van der Waals surface area contributed by atoms with Gasteiger partial charge in [-0.25, -0.2) is 5.48 Å². The summed E-state index contributed by atoms with van der Waals surface area (Å²) in [7, 11) is 0. The van der Waals surface area contributed by atoms with Crippen molar-refractivity contribution >= 4 is 40.1 Å². The summed E-state index contributed by atoms with van der Waals surface area (Å²) in [6, 6.07) is 11.4. The zero-order chi connectivity index (χ0) is 24.5. The van der Waals surface area contributed by atoms with Gasteiger partial charge in [-0.1, -0.05) is 50.2 Å². The van der Waals surface area contributed by atoms with Gasteiger partial charge in [0.05, 0.1) is 0 Å². The Balaban J connectivity index is 1.96. The standard InChI is InChI=1S/C24H32N4O5/c1-14(2)12-18(13-21(29)28-33)24(32)26-15(3)22(30)25-16(4)23(31)27-20-11-7-9-17-8-5-6-10-19(17)20/h5-11,14-16,18,33H,12-13H2,1-4H3,(H,25,30)(H,26,32)(H,27,31)(H,28,29)/t15?,16-,18+/m0/s1. The highest BCUT2D eigenvalue weighted by molar-refractivity contribution is 6.04. The molecule has 178 valence electrons. The Labute approximate surface area is 193 Å². The molecule has 0 heterocycles. The highest BCUT2D eigenvalue weighted by atomic mass is 16.5. The maximum Gasteiger partial charge on any atom is 0.246 e. The zero-order valence-electron chi connectivity index (χ0n) is 19.3. The quantitative estimate of drug-likeness (QED) is 0.276. The maximum atomic E-state index is 12.6. The molecule has 33 heavy (non-hydrogen) atoms. The molecule has 0 fully saturated rings. The van der Waals surface area contributed by atoms with Crippen LogP contribution in [0.3, 0.4) is 0 Å². The molecule has 4 amide bonds. The molecule has 0 aliphatic rings. The Morgan fingerprint density at radius 2 is 1.42 bits per heavy atom. The van der Waals surface area contributed by atoms with Gasteiger partial charge in [0, 0.05) is 23.4 Å². The lowest BCUT2D eigenvalue weighted by Crippen LogP contribution is -2.51. The van der Waals surface area contributed by atoms with Crippen LogP contribution in [0.25, 0.3) is 10.8 Å². The van der Waals surface area contributed by atoms with Crippen LogP contribution in [0.5, 0.6) is 0 Å². The van der Waals surface area contributed by atoms with Gasteiger partial charge < -0.3 is 16.0 Å². The van der Waals surface area contributed by atoms with Gasteiger partial charge in [-0.3, -0.25) is 24.4 Å². The summed E-state index contributed by atoms with van der Waals surface area (Å²) in [5.41, 5.74) is 2.16. The van der Waals surface area contributed by atoms with Crippen molar-refractivity contribution in [3.63, 3.8) is 0 Å². The second kappa shape index (κ2) is 12.0. The SMILES string of the molecule is CC(C)C[C@H](CC(=O)NO)C(=O)NC(C)C(=O)N[C@@H](C)C(=O)Nc1cccc2ccccc12. The molecule has 0 aliphatic heterocycles. The lowest BCUT2D eigenvalue weighted by atomic mass is 9.93. The van der Waals surface area contributed by atoms with Crippen LogP contribution in [0.4, 0.5) is 5.69 Å². The summed E-state index contributed by atoms with van der Waals surface area (Å²) in [6.45, 7) is 6.87. The largest absolute Gasteiger partial charge is 0.344 e. The average molecular weight is 457 g/mol. The summed E-state index contributed by atoms with van der Waals surface area (Å²) < 4.78 is 0. The molecular formula is C24H32N4O5. The fourth-order valence-electron chi connectivity index (χ4n) is 3.50. The van der Waals surface area contributed by atoms with Crippen LogP contribution in [0, 0.1) is 11.8 Å². The van der Waals surface area contributed by atoms with Gasteiger partial charge in [-0.2, -0.15) is 0 Å². The number of fused-ring (bicyclic) bond motifs is 1. The molecule has 2 aromatic carbocycles. The minimum absolute atomic E-state index is 0.133. The first-order valence-corrected chi connectivity index (χ1v) is 10.9. The second-order valence-electron chi connectivity index (χ2n) is 8.54. The Bertz CT molecular complexity index is 1000. The first-order chi connectivity index (χ1) is 15.6. The number of rotatable bonds is 10. The molecule has 0 spiro atoms. The van der Waals surface area contributed by atoms with Gasteiger partial charge in [0.25, 0.3) is 0 Å². The molecular weight excluding hydrogens is 424 g/mol. The fourth-order valence-corrected chi connectivity index (χ4v) is 3.50. The lowest BCUT2D eigenvalue weighted by Gasteiger charge is -2.22. The number of anilines is 1. The summed E-state index contributed by atoms with van der Waals surface area (Å²) in [6.07, 6.45) is 0.218. The van der Waals surface area contributed by atoms with Gasteiger partial charge in [0.2, 0.25) is 23.6 Å². The Morgan fingerprint density at radius 3 is 2.09 bits per heavy atom. The Kier molecular flexibility index (Phi) is 9.35. The van der Waals surface area contributed by atoms with Crippen molar-refractivity contribution in [1.82, 2.24) is 16.1 Å². The highest BCUT2D eigenvalue weighted by Crippen LogP contribution is 2.23. The molecule has 9 heteroatoms. The van der Waals surface area contributed by atoms with Gasteiger partial charge in [-0.05, 0) is 37.6 Å². The van der Waals surface area contributed by atoms with E-state index >= 15 is 0 Å². The normalized spacial score (nSPS) is 13.6.